The van der Waals surface area contributed by atoms with Crippen LogP contribution in [0.5, 0.6) is 0 Å². The van der Waals surface area contributed by atoms with E-state index in [0.29, 0.717) is 6.04 Å². The van der Waals surface area contributed by atoms with E-state index in [0.717, 1.165) is 12.2 Å². The van der Waals surface area contributed by atoms with E-state index in [-0.39, 0.29) is 0 Å². The lowest BCUT2D eigenvalue weighted by Crippen LogP contribution is -2.24. The monoisotopic (exact) mass is 247 g/mol. The van der Waals surface area contributed by atoms with Gasteiger partial charge in [-0.2, -0.15) is 5.10 Å². The first kappa shape index (κ1) is 11.0. The zero-order chi connectivity index (χ0) is 11.7. The fourth-order valence-electron chi connectivity index (χ4n) is 2.48. The van der Waals surface area contributed by atoms with Gasteiger partial charge in [-0.3, -0.25) is 4.68 Å². The highest BCUT2D eigenvalue weighted by Gasteiger charge is 2.20. The molecule has 17 heavy (non-hydrogen) atoms. The minimum Gasteiger partial charge on any atom is -0.304 e. The van der Waals surface area contributed by atoms with Crippen molar-refractivity contribution < 1.29 is 0 Å². The van der Waals surface area contributed by atoms with E-state index >= 15 is 0 Å². The molecule has 4 heteroatoms. The predicted octanol–water partition coefficient (Wildman–Crippen LogP) is 2.65. The summed E-state index contributed by atoms with van der Waals surface area (Å²) < 4.78 is 1.86. The fraction of sp³-hybridized carbons (Fsp3) is 0.462. The normalized spacial score (nSPS) is 19.2. The van der Waals surface area contributed by atoms with Gasteiger partial charge >= 0.3 is 0 Å². The molecule has 90 valence electrons. The Morgan fingerprint density at radius 1 is 1.53 bits per heavy atom. The molecule has 0 aliphatic heterocycles. The maximum atomic E-state index is 4.40. The van der Waals surface area contributed by atoms with Crippen molar-refractivity contribution in [3.63, 3.8) is 0 Å². The topological polar surface area (TPSA) is 29.9 Å². The van der Waals surface area contributed by atoms with Crippen LogP contribution in [0, 0.1) is 0 Å². The van der Waals surface area contributed by atoms with Crippen LogP contribution in [0.25, 0.3) is 0 Å². The van der Waals surface area contributed by atoms with Crippen molar-refractivity contribution >= 4 is 11.3 Å². The number of hydrogen-bond donors (Lipinski definition) is 1. The Balaban J connectivity index is 1.67. The molecule has 0 aromatic carbocycles. The third-order valence-corrected chi connectivity index (χ3v) is 4.35. The number of hydrogen-bond acceptors (Lipinski definition) is 3. The van der Waals surface area contributed by atoms with Crippen molar-refractivity contribution in [2.24, 2.45) is 7.05 Å². The van der Waals surface area contributed by atoms with Crippen LogP contribution in [0.1, 0.15) is 35.0 Å². The van der Waals surface area contributed by atoms with Crippen LogP contribution in [0.3, 0.4) is 0 Å². The number of rotatable bonds is 3. The second-order valence-corrected chi connectivity index (χ2v) is 5.61. The quantitative estimate of drug-likeness (QED) is 0.903. The SMILES string of the molecule is Cn1ccc(CNC2CCCc3sccc32)n1. The predicted molar refractivity (Wildman–Crippen MR) is 70.0 cm³/mol. The Kier molecular flexibility index (Phi) is 2.99. The first-order valence-electron chi connectivity index (χ1n) is 6.11. The van der Waals surface area contributed by atoms with Gasteiger partial charge in [-0.15, -0.1) is 11.3 Å². The first-order valence-corrected chi connectivity index (χ1v) is 6.99. The van der Waals surface area contributed by atoms with Gasteiger partial charge in [0.05, 0.1) is 5.69 Å². The van der Waals surface area contributed by atoms with Crippen LogP contribution < -0.4 is 5.32 Å². The minimum atomic E-state index is 0.520. The molecule has 0 saturated carbocycles. The molecule has 1 atom stereocenters. The van der Waals surface area contributed by atoms with Crippen LogP contribution in [0.4, 0.5) is 0 Å². The van der Waals surface area contributed by atoms with Crippen molar-refractivity contribution in [3.8, 4) is 0 Å². The zero-order valence-electron chi connectivity index (χ0n) is 10.0. The summed E-state index contributed by atoms with van der Waals surface area (Å²) in [5.41, 5.74) is 2.63. The molecule has 3 rings (SSSR count). The van der Waals surface area contributed by atoms with Gasteiger partial charge < -0.3 is 5.32 Å². The third kappa shape index (κ3) is 2.28. The van der Waals surface area contributed by atoms with Gasteiger partial charge in [-0.25, -0.2) is 0 Å². The van der Waals surface area contributed by atoms with Crippen molar-refractivity contribution in [3.05, 3.63) is 39.8 Å². The van der Waals surface area contributed by atoms with Crippen LogP contribution in [-0.4, -0.2) is 9.78 Å². The highest BCUT2D eigenvalue weighted by atomic mass is 32.1. The molecule has 0 bridgehead atoms. The largest absolute Gasteiger partial charge is 0.304 e. The summed E-state index contributed by atoms with van der Waals surface area (Å²) in [7, 11) is 1.96. The lowest BCUT2D eigenvalue weighted by atomic mass is 9.94. The number of fused-ring (bicyclic) bond motifs is 1. The molecule has 2 aromatic rings. The second kappa shape index (κ2) is 4.63. The minimum absolute atomic E-state index is 0.520. The Morgan fingerprint density at radius 3 is 3.29 bits per heavy atom. The highest BCUT2D eigenvalue weighted by molar-refractivity contribution is 7.10. The molecule has 3 nitrogen and oxygen atoms in total. The molecule has 1 aliphatic rings. The summed E-state index contributed by atoms with van der Waals surface area (Å²) in [6, 6.07) is 4.87. The molecule has 1 aliphatic carbocycles. The Morgan fingerprint density at radius 2 is 2.47 bits per heavy atom. The summed E-state index contributed by atoms with van der Waals surface area (Å²) in [4.78, 5) is 1.56. The van der Waals surface area contributed by atoms with E-state index in [9.17, 15) is 0 Å². The first-order chi connectivity index (χ1) is 8.33. The standard InChI is InChI=1S/C13H17N3S/c1-16-7-5-10(15-16)9-14-12-3-2-4-13-11(12)6-8-17-13/h5-8,12,14H,2-4,9H2,1H3. The molecule has 0 fully saturated rings. The second-order valence-electron chi connectivity index (χ2n) is 4.61. The fourth-order valence-corrected chi connectivity index (χ4v) is 3.47. The van der Waals surface area contributed by atoms with Crippen molar-refractivity contribution in [1.29, 1.82) is 0 Å². The van der Waals surface area contributed by atoms with E-state index in [4.69, 9.17) is 0 Å². The van der Waals surface area contributed by atoms with E-state index in [1.54, 1.807) is 4.88 Å². The van der Waals surface area contributed by atoms with Crippen molar-refractivity contribution in [1.82, 2.24) is 15.1 Å². The number of thiophene rings is 1. The molecular formula is C13H17N3S. The number of nitrogens with one attached hydrogen (secondary N) is 1. The summed E-state index contributed by atoms with van der Waals surface area (Å²) >= 11 is 1.90. The van der Waals surface area contributed by atoms with Crippen LogP contribution >= 0.6 is 11.3 Å². The lowest BCUT2D eigenvalue weighted by Gasteiger charge is -2.23. The van der Waals surface area contributed by atoms with Crippen LogP contribution in [-0.2, 0) is 20.0 Å². The lowest BCUT2D eigenvalue weighted by molar-refractivity contribution is 0.458. The van der Waals surface area contributed by atoms with Crippen LogP contribution in [0.15, 0.2) is 23.7 Å². The summed E-state index contributed by atoms with van der Waals surface area (Å²) in [5.74, 6) is 0. The average molecular weight is 247 g/mol. The van der Waals surface area contributed by atoms with Gasteiger partial charge in [0, 0.05) is 30.7 Å². The molecule has 0 saturated heterocycles. The number of aryl methyl sites for hydroxylation is 2. The van der Waals surface area contributed by atoms with E-state index in [1.807, 2.05) is 29.3 Å². The maximum absolute atomic E-state index is 4.40. The molecule has 0 spiro atoms. The van der Waals surface area contributed by atoms with Crippen molar-refractivity contribution in [2.75, 3.05) is 0 Å². The summed E-state index contributed by atoms with van der Waals surface area (Å²) in [6.45, 7) is 0.862. The van der Waals surface area contributed by atoms with Gasteiger partial charge in [-0.05, 0) is 42.3 Å². The Labute approximate surface area is 105 Å². The summed E-state index contributed by atoms with van der Waals surface area (Å²) in [5, 5.41) is 10.2. The van der Waals surface area contributed by atoms with Crippen LogP contribution in [0.2, 0.25) is 0 Å². The van der Waals surface area contributed by atoms with Gasteiger partial charge in [0.1, 0.15) is 0 Å². The van der Waals surface area contributed by atoms with Gasteiger partial charge in [0.25, 0.3) is 0 Å². The molecule has 1 N–H and O–H groups in total. The highest BCUT2D eigenvalue weighted by Crippen LogP contribution is 2.33. The van der Waals surface area contributed by atoms with E-state index in [1.165, 1.54) is 24.8 Å². The molecule has 1 unspecified atom stereocenters. The van der Waals surface area contributed by atoms with Gasteiger partial charge in [0.15, 0.2) is 0 Å². The maximum Gasteiger partial charge on any atom is 0.0762 e. The molecular weight excluding hydrogens is 230 g/mol. The Hall–Kier alpha value is -1.13. The molecule has 0 radical (unpaired) electrons. The van der Waals surface area contributed by atoms with E-state index < -0.39 is 0 Å². The molecule has 2 heterocycles. The summed E-state index contributed by atoms with van der Waals surface area (Å²) in [6.07, 6.45) is 5.80. The smallest absolute Gasteiger partial charge is 0.0762 e. The molecule has 2 aromatic heterocycles. The Bertz CT molecular complexity index is 500. The number of aromatic nitrogens is 2. The molecule has 0 amide bonds. The van der Waals surface area contributed by atoms with Crippen molar-refractivity contribution in [2.45, 2.75) is 31.8 Å². The van der Waals surface area contributed by atoms with E-state index in [2.05, 4.69) is 27.9 Å². The number of nitrogens with zero attached hydrogens (tertiary/aromatic N) is 2. The van der Waals surface area contributed by atoms with Gasteiger partial charge in [0.2, 0.25) is 0 Å². The zero-order valence-corrected chi connectivity index (χ0v) is 10.8. The van der Waals surface area contributed by atoms with Gasteiger partial charge in [-0.1, -0.05) is 0 Å². The average Bonchev–Trinajstić information content (AvgIpc) is 2.94. The third-order valence-electron chi connectivity index (χ3n) is 3.35.